The molecule has 0 amide bonds. The number of nitrogens with zero attached hydrogens (tertiary/aromatic N) is 1. The Balaban J connectivity index is 1.04. The van der Waals surface area contributed by atoms with Crippen LogP contribution in [-0.4, -0.2) is 15.2 Å². The van der Waals surface area contributed by atoms with Crippen LogP contribution in [0.25, 0.3) is 44.8 Å². The molecule has 0 atom stereocenters. The van der Waals surface area contributed by atoms with Gasteiger partial charge in [-0.25, -0.2) is 4.98 Å². The number of hydrogen-bond donors (Lipinski definition) is 2. The molecule has 0 unspecified atom stereocenters. The largest absolute Gasteiger partial charge is 0.507 e. The second-order valence-electron chi connectivity index (χ2n) is 23.7. The first-order valence-electron chi connectivity index (χ1n) is 24.0. The molecule has 8 aliphatic carbocycles. The Hall–Kier alpha value is -4.37. The van der Waals surface area contributed by atoms with Gasteiger partial charge in [0, 0.05) is 33.4 Å². The van der Waals surface area contributed by atoms with Crippen molar-refractivity contribution in [2.75, 3.05) is 0 Å². The Labute approximate surface area is 365 Å². The average molecular weight is 810 g/mol. The summed E-state index contributed by atoms with van der Waals surface area (Å²) in [5, 5.41) is 25.3. The first-order chi connectivity index (χ1) is 29.0. The summed E-state index contributed by atoms with van der Waals surface area (Å²) in [4.78, 5) is 5.54. The number of rotatable bonds is 6. The maximum atomic E-state index is 12.7. The van der Waals surface area contributed by atoms with Crippen LogP contribution in [0.3, 0.4) is 0 Å². The molecule has 4 aromatic carbocycles. The lowest BCUT2D eigenvalue weighted by atomic mass is 9.47. The summed E-state index contributed by atoms with van der Waals surface area (Å²) in [5.74, 6) is 5.70. The molecule has 0 saturated heterocycles. The molecule has 316 valence electrons. The summed E-state index contributed by atoms with van der Waals surface area (Å²) in [5.41, 5.74) is 13.9. The summed E-state index contributed by atoms with van der Waals surface area (Å²) in [6, 6.07) is 31.0. The van der Waals surface area contributed by atoms with Gasteiger partial charge in [0.1, 0.15) is 11.5 Å². The fourth-order valence-electron chi connectivity index (χ4n) is 15.1. The van der Waals surface area contributed by atoms with E-state index < -0.39 is 0 Å². The van der Waals surface area contributed by atoms with Crippen LogP contribution < -0.4 is 0 Å². The molecule has 8 fully saturated rings. The molecule has 0 aliphatic heterocycles. The van der Waals surface area contributed by atoms with Crippen molar-refractivity contribution >= 4 is 0 Å². The predicted molar refractivity (Wildman–Crippen MR) is 251 cm³/mol. The molecule has 8 aliphatic rings. The normalized spacial score (nSPS) is 30.0. The molecule has 5 aromatic rings. The van der Waals surface area contributed by atoms with Gasteiger partial charge in [-0.05, 0) is 193 Å². The zero-order chi connectivity index (χ0) is 42.2. The Morgan fingerprint density at radius 3 is 1.07 bits per heavy atom. The number of pyridine rings is 1. The molecule has 0 spiro atoms. The highest BCUT2D eigenvalue weighted by molar-refractivity contribution is 5.89. The highest BCUT2D eigenvalue weighted by atomic mass is 16.3. The molecule has 0 radical (unpaired) electrons. The number of phenols is 2. The SMILES string of the molecule is Cc1cc(-c2ccccc2-c2cc(C(C)(C)C)cc(C34CC5CC(CC(C5)C3)C4)c2O)nc(-c2ccccc2-c2cc(C(C)(C)C)cc(C34CC5CC(CC(C5)C3)C4)c2O)c1. The van der Waals surface area contributed by atoms with Crippen LogP contribution in [-0.2, 0) is 21.7 Å². The van der Waals surface area contributed by atoms with E-state index in [0.29, 0.717) is 11.5 Å². The van der Waals surface area contributed by atoms with E-state index >= 15 is 0 Å². The van der Waals surface area contributed by atoms with Crippen molar-refractivity contribution in [2.24, 2.45) is 35.5 Å². The lowest BCUT2D eigenvalue weighted by Gasteiger charge is -2.57. The summed E-state index contributed by atoms with van der Waals surface area (Å²) in [6.07, 6.45) is 15.5. The highest BCUT2D eigenvalue weighted by Gasteiger charge is 2.54. The number of aromatic hydroxyl groups is 2. The van der Waals surface area contributed by atoms with Gasteiger partial charge in [-0.3, -0.25) is 0 Å². The number of aromatic nitrogens is 1. The smallest absolute Gasteiger partial charge is 0.127 e. The van der Waals surface area contributed by atoms with Gasteiger partial charge in [-0.2, -0.15) is 0 Å². The van der Waals surface area contributed by atoms with Gasteiger partial charge in [0.15, 0.2) is 0 Å². The third-order valence-corrected chi connectivity index (χ3v) is 17.1. The van der Waals surface area contributed by atoms with Gasteiger partial charge in [0.05, 0.1) is 11.4 Å². The third-order valence-electron chi connectivity index (χ3n) is 17.1. The van der Waals surface area contributed by atoms with Crippen LogP contribution in [0.15, 0.2) is 84.9 Å². The van der Waals surface area contributed by atoms with Crippen molar-refractivity contribution in [3.63, 3.8) is 0 Å². The molecule has 8 bridgehead atoms. The number of hydrogen-bond acceptors (Lipinski definition) is 3. The van der Waals surface area contributed by atoms with Crippen molar-refractivity contribution in [1.29, 1.82) is 0 Å². The van der Waals surface area contributed by atoms with Crippen LogP contribution in [0, 0.1) is 42.4 Å². The Bertz CT molecular complexity index is 2320. The van der Waals surface area contributed by atoms with Crippen LogP contribution in [0.2, 0.25) is 0 Å². The van der Waals surface area contributed by atoms with Crippen molar-refractivity contribution in [1.82, 2.24) is 4.98 Å². The highest BCUT2D eigenvalue weighted by Crippen LogP contribution is 2.64. The Morgan fingerprint density at radius 2 is 0.754 bits per heavy atom. The average Bonchev–Trinajstić information content (AvgIpc) is 3.19. The van der Waals surface area contributed by atoms with E-state index in [0.717, 1.165) is 85.8 Å². The minimum absolute atomic E-state index is 0.0632. The van der Waals surface area contributed by atoms with Gasteiger partial charge in [-0.15, -0.1) is 0 Å². The maximum absolute atomic E-state index is 12.7. The minimum atomic E-state index is -0.0711. The van der Waals surface area contributed by atoms with Gasteiger partial charge in [0.2, 0.25) is 0 Å². The van der Waals surface area contributed by atoms with Crippen molar-refractivity contribution in [2.45, 2.75) is 147 Å². The Morgan fingerprint density at radius 1 is 0.443 bits per heavy atom. The first-order valence-corrected chi connectivity index (χ1v) is 24.0. The topological polar surface area (TPSA) is 53.4 Å². The molecule has 1 aromatic heterocycles. The second-order valence-corrected chi connectivity index (χ2v) is 23.7. The summed E-state index contributed by atoms with van der Waals surface area (Å²) in [6.45, 7) is 16.0. The summed E-state index contributed by atoms with van der Waals surface area (Å²) < 4.78 is 0. The van der Waals surface area contributed by atoms with Gasteiger partial charge in [-0.1, -0.05) is 102 Å². The molecular formula is C58H67NO2. The van der Waals surface area contributed by atoms with Crippen LogP contribution in [0.4, 0.5) is 0 Å². The molecule has 8 saturated carbocycles. The molecule has 3 heteroatoms. The molecule has 13 rings (SSSR count). The Kier molecular flexibility index (Phi) is 8.94. The fourth-order valence-corrected chi connectivity index (χ4v) is 15.1. The number of aryl methyl sites for hydroxylation is 1. The van der Waals surface area contributed by atoms with Gasteiger partial charge < -0.3 is 10.2 Å². The van der Waals surface area contributed by atoms with E-state index in [1.807, 2.05) is 0 Å². The zero-order valence-corrected chi connectivity index (χ0v) is 37.9. The quantitative estimate of drug-likeness (QED) is 0.180. The third kappa shape index (κ3) is 6.61. The molecule has 2 N–H and O–H groups in total. The lowest BCUT2D eigenvalue weighted by Crippen LogP contribution is -2.48. The van der Waals surface area contributed by atoms with E-state index in [-0.39, 0.29) is 21.7 Å². The standard InChI is InChI=1S/C58H67NO2/c1-34-16-51(45-14-10-8-12-43(45)47-24-41(55(2,3)4)26-49(53(47)60)57-28-35-18-36(29-57)20-37(19-35)30-57)59-52(17-34)46-15-11-9-13-44(46)48-25-42(56(5,6)7)27-50(54(48)61)58-31-38-21-39(32-58)23-40(22-38)33-58/h8-17,24-27,35-40,60-61H,18-23,28-33H2,1-7H3. The minimum Gasteiger partial charge on any atom is -0.507 e. The monoisotopic (exact) mass is 810 g/mol. The summed E-state index contributed by atoms with van der Waals surface area (Å²) >= 11 is 0. The first kappa shape index (κ1) is 39.5. The van der Waals surface area contributed by atoms with Crippen molar-refractivity contribution in [3.05, 3.63) is 113 Å². The summed E-state index contributed by atoms with van der Waals surface area (Å²) in [7, 11) is 0. The molecule has 3 nitrogen and oxygen atoms in total. The number of benzene rings is 4. The second kappa shape index (κ2) is 13.8. The lowest BCUT2D eigenvalue weighted by molar-refractivity contribution is -0.00631. The molecule has 61 heavy (non-hydrogen) atoms. The maximum Gasteiger partial charge on any atom is 0.127 e. The van der Waals surface area contributed by atoms with Gasteiger partial charge in [0.25, 0.3) is 0 Å². The van der Waals surface area contributed by atoms with E-state index in [1.54, 1.807) is 0 Å². The van der Waals surface area contributed by atoms with Gasteiger partial charge >= 0.3 is 0 Å². The molecular weight excluding hydrogens is 743 g/mol. The van der Waals surface area contributed by atoms with E-state index in [9.17, 15) is 10.2 Å². The van der Waals surface area contributed by atoms with Crippen LogP contribution in [0.1, 0.15) is 146 Å². The van der Waals surface area contributed by atoms with Crippen molar-refractivity contribution < 1.29 is 10.2 Å². The van der Waals surface area contributed by atoms with Crippen molar-refractivity contribution in [3.8, 4) is 56.3 Å². The van der Waals surface area contributed by atoms with E-state index in [2.05, 4.69) is 133 Å². The van der Waals surface area contributed by atoms with E-state index in [4.69, 9.17) is 4.98 Å². The zero-order valence-electron chi connectivity index (χ0n) is 37.9. The fraction of sp³-hybridized carbons (Fsp3) is 0.500. The number of phenolic OH excluding ortho intramolecular Hbond substituents is 2. The predicted octanol–water partition coefficient (Wildman–Crippen LogP) is 15.0. The van der Waals surface area contributed by atoms with Crippen LogP contribution in [0.5, 0.6) is 11.5 Å². The van der Waals surface area contributed by atoms with E-state index in [1.165, 1.54) is 99.3 Å². The molecule has 1 heterocycles. The van der Waals surface area contributed by atoms with Crippen LogP contribution >= 0.6 is 0 Å².